The maximum absolute atomic E-state index is 11.0. The molecule has 1 aromatic carbocycles. The molecule has 0 atom stereocenters. The Morgan fingerprint density at radius 1 is 1.17 bits per heavy atom. The molecular weight excluding hydrogens is 429 g/mol. The molecule has 0 amide bonds. The van der Waals surface area contributed by atoms with Crippen LogP contribution in [0.25, 0.3) is 0 Å². The van der Waals surface area contributed by atoms with Crippen LogP contribution in [-0.2, 0) is 9.84 Å². The van der Waals surface area contributed by atoms with Crippen LogP contribution in [0.5, 0.6) is 5.75 Å². The third-order valence-corrected chi connectivity index (χ3v) is 3.92. The van der Waals surface area contributed by atoms with E-state index in [-0.39, 0.29) is 29.7 Å². The molecule has 0 fully saturated rings. The number of aryl methyl sites for hydroxylation is 1. The molecule has 0 saturated heterocycles. The van der Waals surface area contributed by atoms with Crippen molar-refractivity contribution >= 4 is 39.8 Å². The number of ether oxygens (including phenoxy) is 1. The summed E-state index contributed by atoms with van der Waals surface area (Å²) in [5, 5.41) is 6.18. The topological polar surface area (TPSA) is 79.8 Å². The molecule has 0 aliphatic rings. The van der Waals surface area contributed by atoms with Gasteiger partial charge in [-0.15, -0.1) is 24.0 Å². The van der Waals surface area contributed by atoms with Gasteiger partial charge in [-0.2, -0.15) is 0 Å². The summed E-state index contributed by atoms with van der Waals surface area (Å²) in [5.41, 5.74) is 1.20. The highest BCUT2D eigenvalue weighted by Gasteiger charge is 2.02. The summed E-state index contributed by atoms with van der Waals surface area (Å²) in [4.78, 5) is 4.07. The van der Waals surface area contributed by atoms with Crippen molar-refractivity contribution < 1.29 is 13.2 Å². The zero-order valence-electron chi connectivity index (χ0n) is 13.8. The number of rotatable bonds is 8. The van der Waals surface area contributed by atoms with E-state index in [9.17, 15) is 8.42 Å². The van der Waals surface area contributed by atoms with E-state index in [1.165, 1.54) is 11.8 Å². The molecule has 23 heavy (non-hydrogen) atoms. The van der Waals surface area contributed by atoms with Crippen molar-refractivity contribution in [3.05, 3.63) is 29.8 Å². The van der Waals surface area contributed by atoms with Gasteiger partial charge in [0.15, 0.2) is 5.96 Å². The molecule has 0 radical (unpaired) electrons. The van der Waals surface area contributed by atoms with Crippen LogP contribution in [0.4, 0.5) is 0 Å². The molecule has 0 bridgehead atoms. The summed E-state index contributed by atoms with van der Waals surface area (Å²) in [6.45, 7) is 3.73. The summed E-state index contributed by atoms with van der Waals surface area (Å²) < 4.78 is 27.6. The number of hydrogen-bond donors (Lipinski definition) is 2. The number of halogens is 1. The van der Waals surface area contributed by atoms with Crippen molar-refractivity contribution in [1.82, 2.24) is 10.6 Å². The fourth-order valence-corrected chi connectivity index (χ4v) is 2.40. The molecule has 0 aliphatic heterocycles. The third kappa shape index (κ3) is 11.2. The lowest BCUT2D eigenvalue weighted by atomic mass is 10.2. The van der Waals surface area contributed by atoms with Gasteiger partial charge in [-0.25, -0.2) is 8.42 Å². The predicted molar refractivity (Wildman–Crippen MR) is 106 cm³/mol. The van der Waals surface area contributed by atoms with Gasteiger partial charge in [0.1, 0.15) is 22.2 Å². The Balaban J connectivity index is 0.00000484. The number of nitrogens with one attached hydrogen (secondary N) is 2. The molecule has 0 heterocycles. The minimum absolute atomic E-state index is 0. The average molecular weight is 455 g/mol. The van der Waals surface area contributed by atoms with Crippen molar-refractivity contribution in [2.24, 2.45) is 4.99 Å². The van der Waals surface area contributed by atoms with Gasteiger partial charge >= 0.3 is 0 Å². The summed E-state index contributed by atoms with van der Waals surface area (Å²) in [6.07, 6.45) is 1.79. The lowest BCUT2D eigenvalue weighted by Crippen LogP contribution is -2.40. The number of nitrogens with zero attached hydrogens (tertiary/aromatic N) is 1. The monoisotopic (exact) mass is 455 g/mol. The molecule has 0 spiro atoms. The van der Waals surface area contributed by atoms with E-state index in [2.05, 4.69) is 15.6 Å². The molecule has 0 aliphatic carbocycles. The van der Waals surface area contributed by atoms with Crippen LogP contribution in [0.15, 0.2) is 29.3 Å². The van der Waals surface area contributed by atoms with Gasteiger partial charge < -0.3 is 15.4 Å². The molecule has 0 saturated carbocycles. The van der Waals surface area contributed by atoms with Gasteiger partial charge in [0, 0.05) is 19.8 Å². The highest BCUT2D eigenvalue weighted by atomic mass is 127. The van der Waals surface area contributed by atoms with E-state index in [1.807, 2.05) is 31.2 Å². The summed E-state index contributed by atoms with van der Waals surface area (Å²) in [6, 6.07) is 7.89. The van der Waals surface area contributed by atoms with Crippen LogP contribution in [0.3, 0.4) is 0 Å². The standard InChI is InChI=1S/C15H25N3O3S.HI/c1-13-5-7-14(8-6-13)21-11-10-18-15(16-2)17-9-4-12-22(3,19)20;/h5-8H,4,9-12H2,1-3H3,(H2,16,17,18);1H. The number of sulfone groups is 1. The SMILES string of the molecule is CN=C(NCCCS(C)(=O)=O)NCCOc1ccc(C)cc1.I. The lowest BCUT2D eigenvalue weighted by molar-refractivity contribution is 0.322. The van der Waals surface area contributed by atoms with Crippen LogP contribution in [-0.4, -0.2) is 53.1 Å². The van der Waals surface area contributed by atoms with Crippen molar-refractivity contribution in [3.8, 4) is 5.75 Å². The van der Waals surface area contributed by atoms with Crippen molar-refractivity contribution in [1.29, 1.82) is 0 Å². The lowest BCUT2D eigenvalue weighted by Gasteiger charge is -2.12. The predicted octanol–water partition coefficient (Wildman–Crippen LogP) is 1.59. The fourth-order valence-electron chi connectivity index (χ4n) is 1.73. The highest BCUT2D eigenvalue weighted by molar-refractivity contribution is 14.0. The van der Waals surface area contributed by atoms with E-state index >= 15 is 0 Å². The largest absolute Gasteiger partial charge is 0.492 e. The van der Waals surface area contributed by atoms with Gasteiger partial charge in [-0.3, -0.25) is 4.99 Å². The van der Waals surface area contributed by atoms with Crippen molar-refractivity contribution in [2.75, 3.05) is 38.8 Å². The first-order chi connectivity index (χ1) is 10.4. The Bertz CT molecular complexity index is 574. The Morgan fingerprint density at radius 3 is 2.35 bits per heavy atom. The minimum Gasteiger partial charge on any atom is -0.492 e. The second-order valence-electron chi connectivity index (χ2n) is 5.07. The first-order valence-electron chi connectivity index (χ1n) is 7.22. The van der Waals surface area contributed by atoms with E-state index in [4.69, 9.17) is 4.74 Å². The van der Waals surface area contributed by atoms with E-state index in [0.29, 0.717) is 32.1 Å². The molecule has 2 N–H and O–H groups in total. The van der Waals surface area contributed by atoms with Crippen LogP contribution in [0.2, 0.25) is 0 Å². The van der Waals surface area contributed by atoms with Crippen LogP contribution in [0.1, 0.15) is 12.0 Å². The number of benzene rings is 1. The molecule has 6 nitrogen and oxygen atoms in total. The zero-order chi connectivity index (χ0) is 16.4. The Hall–Kier alpha value is -1.03. The molecule has 1 aromatic rings. The molecule has 1 rings (SSSR count). The maximum atomic E-state index is 11.0. The average Bonchev–Trinajstić information content (AvgIpc) is 2.46. The normalized spacial score (nSPS) is 11.5. The van der Waals surface area contributed by atoms with E-state index < -0.39 is 9.84 Å². The summed E-state index contributed by atoms with van der Waals surface area (Å²) in [7, 11) is -1.23. The molecular formula is C15H26IN3O3S. The highest BCUT2D eigenvalue weighted by Crippen LogP contribution is 2.10. The number of hydrogen-bond acceptors (Lipinski definition) is 4. The van der Waals surface area contributed by atoms with Gasteiger partial charge in [0.25, 0.3) is 0 Å². The molecule has 0 aromatic heterocycles. The molecule has 0 unspecified atom stereocenters. The fraction of sp³-hybridized carbons (Fsp3) is 0.533. The van der Waals surface area contributed by atoms with E-state index in [1.54, 1.807) is 7.05 Å². The molecule has 8 heteroatoms. The smallest absolute Gasteiger partial charge is 0.191 e. The van der Waals surface area contributed by atoms with E-state index in [0.717, 1.165) is 5.75 Å². The second kappa shape index (κ2) is 11.5. The van der Waals surface area contributed by atoms with Gasteiger partial charge in [-0.05, 0) is 25.5 Å². The third-order valence-electron chi connectivity index (χ3n) is 2.89. The first kappa shape index (κ1) is 22.0. The van der Waals surface area contributed by atoms with Crippen LogP contribution < -0.4 is 15.4 Å². The Kier molecular flexibility index (Phi) is 11.0. The van der Waals surface area contributed by atoms with Crippen molar-refractivity contribution in [3.63, 3.8) is 0 Å². The van der Waals surface area contributed by atoms with Gasteiger partial charge in [-0.1, -0.05) is 17.7 Å². The van der Waals surface area contributed by atoms with Gasteiger partial charge in [0.2, 0.25) is 0 Å². The quantitative estimate of drug-likeness (QED) is 0.270. The number of aliphatic imine (C=N–C) groups is 1. The van der Waals surface area contributed by atoms with Crippen LogP contribution in [0, 0.1) is 6.92 Å². The Morgan fingerprint density at radius 2 is 1.78 bits per heavy atom. The summed E-state index contributed by atoms with van der Waals surface area (Å²) >= 11 is 0. The van der Waals surface area contributed by atoms with Crippen molar-refractivity contribution in [2.45, 2.75) is 13.3 Å². The first-order valence-corrected chi connectivity index (χ1v) is 9.28. The Labute approximate surface area is 156 Å². The summed E-state index contributed by atoms with van der Waals surface area (Å²) in [5.74, 6) is 1.65. The van der Waals surface area contributed by atoms with Crippen LogP contribution >= 0.6 is 24.0 Å². The molecule has 132 valence electrons. The maximum Gasteiger partial charge on any atom is 0.191 e. The van der Waals surface area contributed by atoms with Gasteiger partial charge in [0.05, 0.1) is 12.3 Å². The number of guanidine groups is 1. The minimum atomic E-state index is -2.90. The second-order valence-corrected chi connectivity index (χ2v) is 7.33. The zero-order valence-corrected chi connectivity index (χ0v) is 17.0.